The molecule has 2 atom stereocenters. The summed E-state index contributed by atoms with van der Waals surface area (Å²) in [6.07, 6.45) is -8.34. The number of amides is 2. The molecular weight excluding hydrogens is 551 g/mol. The van der Waals surface area contributed by atoms with Crippen LogP contribution < -0.4 is 16.2 Å². The first-order valence-corrected chi connectivity index (χ1v) is 13.0. The minimum absolute atomic E-state index is 0.0547. The van der Waals surface area contributed by atoms with Crippen LogP contribution in [0.25, 0.3) is 11.1 Å². The highest BCUT2D eigenvalue weighted by atomic mass is 19.4. The maximum atomic E-state index is 13.5. The summed E-state index contributed by atoms with van der Waals surface area (Å²) in [5.41, 5.74) is 1.13. The number of ether oxygens (including phenoxy) is 1. The van der Waals surface area contributed by atoms with Crippen molar-refractivity contribution in [3.05, 3.63) is 124 Å². The highest BCUT2D eigenvalue weighted by Crippen LogP contribution is 2.28. The fourth-order valence-electron chi connectivity index (χ4n) is 4.38. The van der Waals surface area contributed by atoms with Gasteiger partial charge in [-0.2, -0.15) is 13.2 Å². The number of alkyl halides is 3. The highest BCUT2D eigenvalue weighted by Gasteiger charge is 2.44. The zero-order valence-corrected chi connectivity index (χ0v) is 22.2. The van der Waals surface area contributed by atoms with Crippen LogP contribution in [0.3, 0.4) is 0 Å². The minimum atomic E-state index is -5.00. The Morgan fingerprint density at radius 1 is 0.881 bits per heavy atom. The molecule has 11 heteroatoms. The molecule has 0 spiro atoms. The number of halogens is 3. The van der Waals surface area contributed by atoms with Crippen LogP contribution in [-0.2, 0) is 29.0 Å². The maximum Gasteiger partial charge on any atom is 0.416 e. The summed E-state index contributed by atoms with van der Waals surface area (Å²) in [5.74, 6) is -0.900. The summed E-state index contributed by atoms with van der Waals surface area (Å²) < 4.78 is 45.8. The number of rotatable bonds is 10. The van der Waals surface area contributed by atoms with Crippen LogP contribution >= 0.6 is 0 Å². The summed E-state index contributed by atoms with van der Waals surface area (Å²) in [7, 11) is 0. The second kappa shape index (κ2) is 13.6. The summed E-state index contributed by atoms with van der Waals surface area (Å²) in [6.45, 7) is -0.0880. The molecular formula is C31H28F3N3O5. The van der Waals surface area contributed by atoms with Gasteiger partial charge in [0.05, 0.1) is 12.5 Å². The van der Waals surface area contributed by atoms with Crippen molar-refractivity contribution in [2.24, 2.45) is 0 Å². The molecule has 0 aliphatic rings. The largest absolute Gasteiger partial charge is 0.444 e. The SMILES string of the molecule is O=C(Cc1c(-c2ccccc2)c[nH]c(=O)c1NC(=O)OCc1ccccc1)NC(Cc1ccccc1)C(O)C(F)(F)F. The predicted octanol–water partition coefficient (Wildman–Crippen LogP) is 4.98. The Morgan fingerprint density at radius 3 is 2.05 bits per heavy atom. The van der Waals surface area contributed by atoms with Gasteiger partial charge in [-0.3, -0.25) is 14.9 Å². The van der Waals surface area contributed by atoms with Crippen molar-refractivity contribution < 1.29 is 32.6 Å². The summed E-state index contributed by atoms with van der Waals surface area (Å²) in [6, 6.07) is 23.8. The summed E-state index contributed by atoms with van der Waals surface area (Å²) in [4.78, 5) is 41.3. The van der Waals surface area contributed by atoms with Gasteiger partial charge in [0, 0.05) is 17.3 Å². The predicted molar refractivity (Wildman–Crippen MR) is 151 cm³/mol. The Morgan fingerprint density at radius 2 is 1.45 bits per heavy atom. The molecule has 0 bridgehead atoms. The van der Waals surface area contributed by atoms with Gasteiger partial charge in [-0.05, 0) is 23.1 Å². The first-order valence-electron chi connectivity index (χ1n) is 13.0. The molecule has 4 N–H and O–H groups in total. The zero-order chi connectivity index (χ0) is 30.1. The Hall–Kier alpha value is -4.90. The number of aromatic nitrogens is 1. The van der Waals surface area contributed by atoms with Crippen LogP contribution in [0.5, 0.6) is 0 Å². The molecule has 4 rings (SSSR count). The van der Waals surface area contributed by atoms with Crippen molar-refractivity contribution in [1.29, 1.82) is 0 Å². The molecule has 218 valence electrons. The average Bonchev–Trinajstić information content (AvgIpc) is 2.98. The fourth-order valence-corrected chi connectivity index (χ4v) is 4.38. The number of aromatic amines is 1. The third-order valence-electron chi connectivity index (χ3n) is 6.42. The van der Waals surface area contributed by atoms with E-state index in [4.69, 9.17) is 4.74 Å². The number of aliphatic hydroxyl groups excluding tert-OH is 1. The number of nitrogens with one attached hydrogen (secondary N) is 3. The van der Waals surface area contributed by atoms with E-state index in [9.17, 15) is 32.7 Å². The van der Waals surface area contributed by atoms with E-state index < -0.39 is 42.3 Å². The van der Waals surface area contributed by atoms with Crippen molar-refractivity contribution in [1.82, 2.24) is 10.3 Å². The Labute approximate surface area is 239 Å². The van der Waals surface area contributed by atoms with Gasteiger partial charge < -0.3 is 20.1 Å². The topological polar surface area (TPSA) is 121 Å². The molecule has 2 amide bonds. The van der Waals surface area contributed by atoms with E-state index in [-0.39, 0.29) is 24.3 Å². The average molecular weight is 580 g/mol. The molecule has 0 fully saturated rings. The molecule has 1 aromatic heterocycles. The van der Waals surface area contributed by atoms with E-state index in [0.29, 0.717) is 22.3 Å². The molecule has 4 aromatic rings. The number of H-pyrrole nitrogens is 1. The van der Waals surface area contributed by atoms with Crippen LogP contribution in [-0.4, -0.2) is 40.4 Å². The van der Waals surface area contributed by atoms with Crippen molar-refractivity contribution in [3.63, 3.8) is 0 Å². The number of benzene rings is 3. The van der Waals surface area contributed by atoms with Gasteiger partial charge in [-0.15, -0.1) is 0 Å². The smallest absolute Gasteiger partial charge is 0.416 e. The van der Waals surface area contributed by atoms with Crippen LogP contribution in [0.1, 0.15) is 16.7 Å². The number of hydrogen-bond acceptors (Lipinski definition) is 5. The lowest BCUT2D eigenvalue weighted by molar-refractivity contribution is -0.212. The molecule has 0 saturated heterocycles. The normalized spacial score (nSPS) is 12.7. The van der Waals surface area contributed by atoms with Crippen molar-refractivity contribution in [3.8, 4) is 11.1 Å². The van der Waals surface area contributed by atoms with Crippen LogP contribution in [0.4, 0.5) is 23.7 Å². The summed E-state index contributed by atoms with van der Waals surface area (Å²) in [5, 5.41) is 14.7. The monoisotopic (exact) mass is 579 g/mol. The second-order valence-corrected chi connectivity index (χ2v) is 9.46. The van der Waals surface area contributed by atoms with Gasteiger partial charge in [0.1, 0.15) is 12.3 Å². The van der Waals surface area contributed by atoms with Gasteiger partial charge in [0.15, 0.2) is 6.10 Å². The molecule has 0 aliphatic heterocycles. The van der Waals surface area contributed by atoms with Crippen LogP contribution in [0.2, 0.25) is 0 Å². The standard InChI is InChI=1S/C31H28F3N3O5/c32-31(33,34)28(39)25(16-20-10-4-1-5-11-20)36-26(38)17-23-24(22-14-8-3-9-15-22)18-35-29(40)27(23)37-30(41)42-19-21-12-6-2-7-13-21/h1-15,18,25,28,39H,16-17,19H2,(H,35,40)(H,36,38)(H,37,41). The third-order valence-corrected chi connectivity index (χ3v) is 6.42. The van der Waals surface area contributed by atoms with E-state index in [1.165, 1.54) is 6.20 Å². The Bertz CT molecular complexity index is 1550. The van der Waals surface area contributed by atoms with E-state index in [2.05, 4.69) is 15.6 Å². The van der Waals surface area contributed by atoms with Gasteiger partial charge in [0.25, 0.3) is 5.56 Å². The number of hydrogen-bond donors (Lipinski definition) is 4. The highest BCUT2D eigenvalue weighted by molar-refractivity contribution is 5.91. The molecule has 3 aromatic carbocycles. The Balaban J connectivity index is 1.63. The van der Waals surface area contributed by atoms with Crippen LogP contribution in [0, 0.1) is 0 Å². The number of anilines is 1. The van der Waals surface area contributed by atoms with Gasteiger partial charge in [0.2, 0.25) is 5.91 Å². The van der Waals surface area contributed by atoms with E-state index >= 15 is 0 Å². The van der Waals surface area contributed by atoms with E-state index in [0.717, 1.165) is 0 Å². The van der Waals surface area contributed by atoms with Gasteiger partial charge >= 0.3 is 12.3 Å². The molecule has 1 heterocycles. The van der Waals surface area contributed by atoms with E-state index in [1.54, 1.807) is 91.0 Å². The second-order valence-electron chi connectivity index (χ2n) is 9.46. The maximum absolute atomic E-state index is 13.5. The number of aliphatic hydroxyl groups is 1. The lowest BCUT2D eigenvalue weighted by Crippen LogP contribution is -2.51. The third kappa shape index (κ3) is 8.07. The number of pyridine rings is 1. The summed E-state index contributed by atoms with van der Waals surface area (Å²) >= 11 is 0. The quantitative estimate of drug-likeness (QED) is 0.211. The van der Waals surface area contributed by atoms with Crippen LogP contribution in [0.15, 0.2) is 102 Å². The molecule has 8 nitrogen and oxygen atoms in total. The zero-order valence-electron chi connectivity index (χ0n) is 22.2. The van der Waals surface area contributed by atoms with Crippen molar-refractivity contribution >= 4 is 17.7 Å². The lowest BCUT2D eigenvalue weighted by Gasteiger charge is -2.26. The van der Waals surface area contributed by atoms with Crippen molar-refractivity contribution in [2.75, 3.05) is 5.32 Å². The molecule has 42 heavy (non-hydrogen) atoms. The Kier molecular flexibility index (Phi) is 9.77. The fraction of sp³-hybridized carbons (Fsp3) is 0.194. The first kappa shape index (κ1) is 30.1. The number of carbonyl (C=O) groups excluding carboxylic acids is 2. The molecule has 0 saturated carbocycles. The molecule has 0 radical (unpaired) electrons. The van der Waals surface area contributed by atoms with Crippen molar-refractivity contribution in [2.45, 2.75) is 37.8 Å². The van der Waals surface area contributed by atoms with Gasteiger partial charge in [-0.25, -0.2) is 4.79 Å². The lowest BCUT2D eigenvalue weighted by atomic mass is 9.97. The first-order chi connectivity index (χ1) is 20.1. The molecule has 2 unspecified atom stereocenters. The number of carbonyl (C=O) groups is 2. The van der Waals surface area contributed by atoms with E-state index in [1.807, 2.05) is 0 Å². The van der Waals surface area contributed by atoms with Gasteiger partial charge in [-0.1, -0.05) is 91.0 Å². The minimum Gasteiger partial charge on any atom is -0.444 e. The molecule has 0 aliphatic carbocycles.